The van der Waals surface area contributed by atoms with Crippen LogP contribution in [0.4, 0.5) is 0 Å². The highest BCUT2D eigenvalue weighted by atomic mass is 32.2. The van der Waals surface area contributed by atoms with Crippen LogP contribution in [0, 0.1) is 0 Å². The van der Waals surface area contributed by atoms with E-state index in [1.807, 2.05) is 25.3 Å². The van der Waals surface area contributed by atoms with Crippen LogP contribution in [0.5, 0.6) is 0 Å². The summed E-state index contributed by atoms with van der Waals surface area (Å²) in [5.74, 6) is 0.0781. The number of rotatable bonds is 4. The van der Waals surface area contributed by atoms with E-state index >= 15 is 0 Å². The van der Waals surface area contributed by atoms with Crippen molar-refractivity contribution in [3.63, 3.8) is 0 Å². The lowest BCUT2D eigenvalue weighted by Crippen LogP contribution is -2.30. The van der Waals surface area contributed by atoms with Gasteiger partial charge in [0.25, 0.3) is 0 Å². The van der Waals surface area contributed by atoms with Crippen molar-refractivity contribution in [2.45, 2.75) is 18.7 Å². The summed E-state index contributed by atoms with van der Waals surface area (Å²) < 4.78 is 0. The first-order valence-electron chi connectivity index (χ1n) is 4.43. The van der Waals surface area contributed by atoms with Crippen LogP contribution in [-0.2, 0) is 11.3 Å². The fourth-order valence-electron chi connectivity index (χ4n) is 0.941. The minimum atomic E-state index is 0.0110. The zero-order chi connectivity index (χ0) is 10.4. The third kappa shape index (κ3) is 3.38. The molecule has 1 N–H and O–H groups in total. The maximum atomic E-state index is 11.4. The summed E-state index contributed by atoms with van der Waals surface area (Å²) >= 11 is 1.54. The monoisotopic (exact) mass is 210 g/mol. The van der Waals surface area contributed by atoms with Gasteiger partial charge in [0.15, 0.2) is 0 Å². The fourth-order valence-corrected chi connectivity index (χ4v) is 1.24. The van der Waals surface area contributed by atoms with Gasteiger partial charge in [-0.1, -0.05) is 0 Å². The van der Waals surface area contributed by atoms with Crippen molar-refractivity contribution < 1.29 is 4.79 Å². The Morgan fingerprint density at radius 3 is 2.79 bits per heavy atom. The Labute approximate surface area is 88.3 Å². The molecule has 0 saturated heterocycles. The van der Waals surface area contributed by atoms with E-state index in [0.29, 0.717) is 6.54 Å². The van der Waals surface area contributed by atoms with Crippen LogP contribution >= 0.6 is 11.8 Å². The highest BCUT2D eigenvalue weighted by Crippen LogP contribution is 2.05. The minimum absolute atomic E-state index is 0.0110. The van der Waals surface area contributed by atoms with Crippen LogP contribution in [0.2, 0.25) is 0 Å². The Morgan fingerprint density at radius 1 is 1.57 bits per heavy atom. The molecule has 1 atom stereocenters. The van der Waals surface area contributed by atoms with E-state index < -0.39 is 0 Å². The van der Waals surface area contributed by atoms with Gasteiger partial charge in [-0.05, 0) is 30.9 Å². The molecule has 0 fully saturated rings. The summed E-state index contributed by atoms with van der Waals surface area (Å²) in [6.07, 6.45) is 5.37. The van der Waals surface area contributed by atoms with Crippen molar-refractivity contribution in [2.75, 3.05) is 6.26 Å². The molecular weight excluding hydrogens is 196 g/mol. The Hall–Kier alpha value is -1.03. The average Bonchev–Trinajstić information content (AvgIpc) is 2.26. The van der Waals surface area contributed by atoms with E-state index in [1.165, 1.54) is 0 Å². The molecule has 1 amide bonds. The SMILES string of the molecule is CSC(C)C(=O)NCc1ccncc1. The third-order valence-electron chi connectivity index (χ3n) is 1.94. The van der Waals surface area contributed by atoms with Gasteiger partial charge in [-0.15, -0.1) is 0 Å². The Morgan fingerprint density at radius 2 is 2.21 bits per heavy atom. The topological polar surface area (TPSA) is 42.0 Å². The maximum Gasteiger partial charge on any atom is 0.233 e. The second kappa shape index (κ2) is 5.65. The molecule has 1 heterocycles. The third-order valence-corrected chi connectivity index (χ3v) is 2.86. The number of nitrogens with one attached hydrogen (secondary N) is 1. The first kappa shape index (κ1) is 11.0. The molecule has 0 radical (unpaired) electrons. The normalized spacial score (nSPS) is 12.1. The quantitative estimate of drug-likeness (QED) is 0.818. The standard InChI is InChI=1S/C10H14N2OS/c1-8(14-2)10(13)12-7-9-3-5-11-6-4-9/h3-6,8H,7H2,1-2H3,(H,12,13). The zero-order valence-corrected chi connectivity index (χ0v) is 9.17. The molecule has 3 nitrogen and oxygen atoms in total. The molecule has 1 aromatic heterocycles. The number of carbonyl (C=O) groups is 1. The van der Waals surface area contributed by atoms with Crippen molar-refractivity contribution in [2.24, 2.45) is 0 Å². The van der Waals surface area contributed by atoms with E-state index in [1.54, 1.807) is 24.2 Å². The Balaban J connectivity index is 2.38. The van der Waals surface area contributed by atoms with E-state index in [9.17, 15) is 4.79 Å². The van der Waals surface area contributed by atoms with Gasteiger partial charge in [-0.2, -0.15) is 11.8 Å². The first-order valence-corrected chi connectivity index (χ1v) is 5.72. The minimum Gasteiger partial charge on any atom is -0.351 e. The van der Waals surface area contributed by atoms with Crippen molar-refractivity contribution in [1.82, 2.24) is 10.3 Å². The predicted octanol–water partition coefficient (Wildman–Crippen LogP) is 1.45. The molecular formula is C10H14N2OS. The predicted molar refractivity (Wildman–Crippen MR) is 59.1 cm³/mol. The van der Waals surface area contributed by atoms with Crippen molar-refractivity contribution >= 4 is 17.7 Å². The number of aromatic nitrogens is 1. The lowest BCUT2D eigenvalue weighted by atomic mass is 10.2. The largest absolute Gasteiger partial charge is 0.351 e. The summed E-state index contributed by atoms with van der Waals surface area (Å²) in [5, 5.41) is 2.87. The number of carbonyl (C=O) groups excluding carboxylic acids is 1. The molecule has 0 aliphatic rings. The van der Waals surface area contributed by atoms with Gasteiger partial charge in [0.05, 0.1) is 5.25 Å². The summed E-state index contributed by atoms with van der Waals surface area (Å²) in [6, 6.07) is 3.79. The number of pyridine rings is 1. The Bertz CT molecular complexity index is 289. The fraction of sp³-hybridized carbons (Fsp3) is 0.400. The smallest absolute Gasteiger partial charge is 0.233 e. The molecule has 4 heteroatoms. The van der Waals surface area contributed by atoms with Crippen molar-refractivity contribution in [1.29, 1.82) is 0 Å². The van der Waals surface area contributed by atoms with Gasteiger partial charge >= 0.3 is 0 Å². The molecule has 1 aromatic rings. The van der Waals surface area contributed by atoms with E-state index in [0.717, 1.165) is 5.56 Å². The van der Waals surface area contributed by atoms with Crippen LogP contribution in [0.15, 0.2) is 24.5 Å². The summed E-state index contributed by atoms with van der Waals surface area (Å²) in [4.78, 5) is 15.3. The molecule has 0 aromatic carbocycles. The zero-order valence-electron chi connectivity index (χ0n) is 8.36. The summed E-state index contributed by atoms with van der Waals surface area (Å²) in [6.45, 7) is 2.47. The van der Waals surface area contributed by atoms with E-state index in [4.69, 9.17) is 0 Å². The van der Waals surface area contributed by atoms with Crippen LogP contribution in [-0.4, -0.2) is 22.4 Å². The second-order valence-electron chi connectivity index (χ2n) is 2.95. The van der Waals surface area contributed by atoms with Crippen LogP contribution in [0.1, 0.15) is 12.5 Å². The summed E-state index contributed by atoms with van der Waals surface area (Å²) in [7, 11) is 0. The van der Waals surface area contributed by atoms with Gasteiger partial charge in [-0.25, -0.2) is 0 Å². The molecule has 0 aliphatic carbocycles. The van der Waals surface area contributed by atoms with Gasteiger partial charge in [0.1, 0.15) is 0 Å². The molecule has 0 saturated carbocycles. The van der Waals surface area contributed by atoms with Gasteiger partial charge in [0.2, 0.25) is 5.91 Å². The van der Waals surface area contributed by atoms with E-state index in [-0.39, 0.29) is 11.2 Å². The highest BCUT2D eigenvalue weighted by molar-refractivity contribution is 7.99. The molecule has 1 rings (SSSR count). The van der Waals surface area contributed by atoms with Crippen LogP contribution in [0.25, 0.3) is 0 Å². The molecule has 76 valence electrons. The van der Waals surface area contributed by atoms with Crippen LogP contribution < -0.4 is 5.32 Å². The molecule has 0 spiro atoms. The lowest BCUT2D eigenvalue weighted by molar-refractivity contribution is -0.120. The van der Waals surface area contributed by atoms with Crippen molar-refractivity contribution in [3.8, 4) is 0 Å². The number of thioether (sulfide) groups is 1. The average molecular weight is 210 g/mol. The van der Waals surface area contributed by atoms with Gasteiger partial charge in [0, 0.05) is 18.9 Å². The molecule has 1 unspecified atom stereocenters. The molecule has 14 heavy (non-hydrogen) atoms. The Kier molecular flexibility index (Phi) is 4.46. The second-order valence-corrected chi connectivity index (χ2v) is 4.13. The molecule has 0 aliphatic heterocycles. The van der Waals surface area contributed by atoms with Crippen molar-refractivity contribution in [3.05, 3.63) is 30.1 Å². The number of hydrogen-bond donors (Lipinski definition) is 1. The number of nitrogens with zero attached hydrogens (tertiary/aromatic N) is 1. The van der Waals surface area contributed by atoms with Gasteiger partial charge in [-0.3, -0.25) is 9.78 Å². The van der Waals surface area contributed by atoms with E-state index in [2.05, 4.69) is 10.3 Å². The molecule has 0 bridgehead atoms. The maximum absolute atomic E-state index is 11.4. The van der Waals surface area contributed by atoms with Crippen LogP contribution in [0.3, 0.4) is 0 Å². The number of hydrogen-bond acceptors (Lipinski definition) is 3. The highest BCUT2D eigenvalue weighted by Gasteiger charge is 2.09. The van der Waals surface area contributed by atoms with Gasteiger partial charge < -0.3 is 5.32 Å². The first-order chi connectivity index (χ1) is 6.74. The summed E-state index contributed by atoms with van der Waals surface area (Å²) in [5.41, 5.74) is 1.07. The number of amides is 1. The lowest BCUT2D eigenvalue weighted by Gasteiger charge is -2.09.